The lowest BCUT2D eigenvalue weighted by Gasteiger charge is -2.08. The van der Waals surface area contributed by atoms with E-state index < -0.39 is 6.36 Å². The first-order chi connectivity index (χ1) is 13.8. The molecule has 0 atom stereocenters. The van der Waals surface area contributed by atoms with Crippen LogP contribution in [0.1, 0.15) is 5.69 Å². The number of aryl methyl sites for hydroxylation is 1. The van der Waals surface area contributed by atoms with Crippen molar-refractivity contribution in [2.75, 3.05) is 0 Å². The van der Waals surface area contributed by atoms with Crippen molar-refractivity contribution in [2.45, 2.75) is 13.3 Å². The van der Waals surface area contributed by atoms with Gasteiger partial charge in [0, 0.05) is 21.8 Å². The molecule has 4 aromatic rings. The predicted octanol–water partition coefficient (Wildman–Crippen LogP) is 6.86. The van der Waals surface area contributed by atoms with E-state index in [9.17, 15) is 13.2 Å². The summed E-state index contributed by atoms with van der Waals surface area (Å²) in [5.74, 6) is 1.28. The molecule has 148 valence electrons. The van der Waals surface area contributed by atoms with Crippen molar-refractivity contribution in [3.63, 3.8) is 0 Å². The number of hydrogen-bond donors (Lipinski definition) is 1. The summed E-state index contributed by atoms with van der Waals surface area (Å²) in [6.45, 7) is 1.91. The standard InChI is InChI=1S/C21H14ClF3N2O2/c1-12-19(14-2-6-15(22)7-3-14)27-20(26-12)18-11-10-17(28-18)13-4-8-16(9-5-13)29-21(23,24)25/h2-11H,1H3,(H,26,27). The van der Waals surface area contributed by atoms with Gasteiger partial charge in [0.15, 0.2) is 11.6 Å². The first kappa shape index (κ1) is 19.1. The third-order valence-electron chi connectivity index (χ3n) is 4.21. The Hall–Kier alpha value is -3.19. The zero-order valence-electron chi connectivity index (χ0n) is 15.0. The fraction of sp³-hybridized carbons (Fsp3) is 0.0952. The second-order valence-electron chi connectivity index (χ2n) is 6.30. The third-order valence-corrected chi connectivity index (χ3v) is 4.47. The molecule has 0 aliphatic carbocycles. The highest BCUT2D eigenvalue weighted by molar-refractivity contribution is 6.30. The van der Waals surface area contributed by atoms with E-state index in [0.29, 0.717) is 27.9 Å². The number of nitrogens with zero attached hydrogens (tertiary/aromatic N) is 1. The molecule has 0 amide bonds. The maximum absolute atomic E-state index is 12.3. The molecule has 0 saturated carbocycles. The lowest BCUT2D eigenvalue weighted by molar-refractivity contribution is -0.274. The minimum absolute atomic E-state index is 0.290. The summed E-state index contributed by atoms with van der Waals surface area (Å²) in [7, 11) is 0. The fourth-order valence-electron chi connectivity index (χ4n) is 2.91. The maximum atomic E-state index is 12.3. The minimum atomic E-state index is -4.72. The van der Waals surface area contributed by atoms with Crippen LogP contribution in [0.4, 0.5) is 13.2 Å². The van der Waals surface area contributed by atoms with Crippen LogP contribution in [0.3, 0.4) is 0 Å². The third kappa shape index (κ3) is 4.30. The lowest BCUT2D eigenvalue weighted by atomic mass is 10.1. The van der Waals surface area contributed by atoms with Gasteiger partial charge in [0.25, 0.3) is 0 Å². The van der Waals surface area contributed by atoms with E-state index in [1.807, 2.05) is 19.1 Å². The first-order valence-electron chi connectivity index (χ1n) is 8.57. The number of aromatic amines is 1. The molecule has 0 spiro atoms. The van der Waals surface area contributed by atoms with Crippen molar-refractivity contribution >= 4 is 11.6 Å². The number of aromatic nitrogens is 2. The molecule has 0 fully saturated rings. The van der Waals surface area contributed by atoms with Crippen LogP contribution in [0, 0.1) is 6.92 Å². The van der Waals surface area contributed by atoms with Gasteiger partial charge in [-0.3, -0.25) is 0 Å². The SMILES string of the molecule is Cc1[nH]c(-c2ccc(-c3ccc(OC(F)(F)F)cc3)o2)nc1-c1ccc(Cl)cc1. The molecular weight excluding hydrogens is 405 g/mol. The van der Waals surface area contributed by atoms with E-state index in [4.69, 9.17) is 16.0 Å². The Kier molecular flexibility index (Phi) is 4.84. The Labute approximate surface area is 168 Å². The van der Waals surface area contributed by atoms with E-state index in [-0.39, 0.29) is 5.75 Å². The van der Waals surface area contributed by atoms with Gasteiger partial charge in [0.05, 0.1) is 5.69 Å². The van der Waals surface area contributed by atoms with Gasteiger partial charge in [-0.25, -0.2) is 4.98 Å². The number of imidazole rings is 1. The first-order valence-corrected chi connectivity index (χ1v) is 8.95. The number of halogens is 4. The molecule has 0 saturated heterocycles. The molecule has 0 radical (unpaired) electrons. The van der Waals surface area contributed by atoms with Gasteiger partial charge in [-0.15, -0.1) is 13.2 Å². The van der Waals surface area contributed by atoms with Crippen molar-refractivity contribution in [2.24, 2.45) is 0 Å². The molecule has 2 aromatic heterocycles. The van der Waals surface area contributed by atoms with Crippen LogP contribution >= 0.6 is 11.6 Å². The highest BCUT2D eigenvalue weighted by Crippen LogP contribution is 2.32. The molecule has 0 aliphatic heterocycles. The van der Waals surface area contributed by atoms with Crippen molar-refractivity contribution < 1.29 is 22.3 Å². The van der Waals surface area contributed by atoms with Crippen molar-refractivity contribution in [1.29, 1.82) is 0 Å². The van der Waals surface area contributed by atoms with Gasteiger partial charge in [0.2, 0.25) is 0 Å². The second kappa shape index (κ2) is 7.33. The van der Waals surface area contributed by atoms with E-state index >= 15 is 0 Å². The quantitative estimate of drug-likeness (QED) is 0.393. The summed E-state index contributed by atoms with van der Waals surface area (Å²) in [4.78, 5) is 7.79. The van der Waals surface area contributed by atoms with Crippen molar-refractivity contribution in [3.8, 4) is 39.9 Å². The largest absolute Gasteiger partial charge is 0.573 e. The summed E-state index contributed by atoms with van der Waals surface area (Å²) >= 11 is 5.94. The summed E-state index contributed by atoms with van der Waals surface area (Å²) in [6.07, 6.45) is -4.72. The Balaban J connectivity index is 1.58. The van der Waals surface area contributed by atoms with Crippen LogP contribution in [0.5, 0.6) is 5.75 Å². The molecule has 4 rings (SSSR count). The van der Waals surface area contributed by atoms with Crippen LogP contribution < -0.4 is 4.74 Å². The Morgan fingerprint density at radius 3 is 2.17 bits per heavy atom. The molecular formula is C21H14ClF3N2O2. The van der Waals surface area contributed by atoms with E-state index in [0.717, 1.165) is 17.0 Å². The number of rotatable bonds is 4. The topological polar surface area (TPSA) is 51.0 Å². The highest BCUT2D eigenvalue weighted by Gasteiger charge is 2.31. The van der Waals surface area contributed by atoms with E-state index in [1.165, 1.54) is 24.3 Å². The monoisotopic (exact) mass is 418 g/mol. The average Bonchev–Trinajstić information content (AvgIpc) is 3.29. The van der Waals surface area contributed by atoms with Gasteiger partial charge >= 0.3 is 6.36 Å². The number of nitrogens with one attached hydrogen (secondary N) is 1. The van der Waals surface area contributed by atoms with Crippen LogP contribution in [0.15, 0.2) is 65.1 Å². The fourth-order valence-corrected chi connectivity index (χ4v) is 3.03. The normalized spacial score (nSPS) is 11.6. The maximum Gasteiger partial charge on any atom is 0.573 e. The molecule has 4 nitrogen and oxygen atoms in total. The Morgan fingerprint density at radius 1 is 0.897 bits per heavy atom. The number of H-pyrrole nitrogens is 1. The smallest absolute Gasteiger partial charge is 0.453 e. The minimum Gasteiger partial charge on any atom is -0.453 e. The van der Waals surface area contributed by atoms with Crippen LogP contribution in [-0.2, 0) is 0 Å². The predicted molar refractivity (Wildman–Crippen MR) is 104 cm³/mol. The molecule has 0 unspecified atom stereocenters. The van der Waals surface area contributed by atoms with Crippen LogP contribution in [-0.4, -0.2) is 16.3 Å². The number of ether oxygens (including phenoxy) is 1. The Morgan fingerprint density at radius 2 is 1.52 bits per heavy atom. The number of alkyl halides is 3. The summed E-state index contributed by atoms with van der Waals surface area (Å²) < 4.78 is 46.5. The Bertz CT molecular complexity index is 1130. The van der Waals surface area contributed by atoms with E-state index in [2.05, 4.69) is 14.7 Å². The number of hydrogen-bond acceptors (Lipinski definition) is 3. The second-order valence-corrected chi connectivity index (χ2v) is 6.74. The highest BCUT2D eigenvalue weighted by atomic mass is 35.5. The molecule has 0 bridgehead atoms. The van der Waals surface area contributed by atoms with Crippen LogP contribution in [0.2, 0.25) is 5.02 Å². The summed E-state index contributed by atoms with van der Waals surface area (Å²) in [5.41, 5.74) is 3.19. The van der Waals surface area contributed by atoms with Gasteiger partial charge in [0.1, 0.15) is 11.5 Å². The molecule has 1 N–H and O–H groups in total. The number of furan rings is 1. The molecule has 29 heavy (non-hydrogen) atoms. The average molecular weight is 419 g/mol. The van der Waals surface area contributed by atoms with Gasteiger partial charge < -0.3 is 14.1 Å². The van der Waals surface area contributed by atoms with Crippen LogP contribution in [0.25, 0.3) is 34.2 Å². The van der Waals surface area contributed by atoms with Crippen molar-refractivity contribution in [1.82, 2.24) is 9.97 Å². The molecule has 2 heterocycles. The summed E-state index contributed by atoms with van der Waals surface area (Å²) in [6, 6.07) is 16.3. The molecule has 8 heteroatoms. The van der Waals surface area contributed by atoms with Crippen molar-refractivity contribution in [3.05, 3.63) is 71.4 Å². The van der Waals surface area contributed by atoms with Gasteiger partial charge in [-0.1, -0.05) is 23.7 Å². The molecule has 2 aromatic carbocycles. The van der Waals surface area contributed by atoms with Gasteiger partial charge in [-0.05, 0) is 55.5 Å². The zero-order valence-corrected chi connectivity index (χ0v) is 15.8. The molecule has 0 aliphatic rings. The zero-order chi connectivity index (χ0) is 20.6. The van der Waals surface area contributed by atoms with E-state index in [1.54, 1.807) is 24.3 Å². The summed E-state index contributed by atoms with van der Waals surface area (Å²) in [5, 5.41) is 0.643. The lowest BCUT2D eigenvalue weighted by Crippen LogP contribution is -2.16. The van der Waals surface area contributed by atoms with Gasteiger partial charge in [-0.2, -0.15) is 0 Å². The number of benzene rings is 2.